The Morgan fingerprint density at radius 1 is 1.32 bits per heavy atom. The van der Waals surface area contributed by atoms with Crippen molar-refractivity contribution in [1.29, 1.82) is 0 Å². The van der Waals surface area contributed by atoms with E-state index in [1.54, 1.807) is 34.7 Å². The zero-order chi connectivity index (χ0) is 15.2. The summed E-state index contributed by atoms with van der Waals surface area (Å²) in [6.45, 7) is 1.34. The van der Waals surface area contributed by atoms with Gasteiger partial charge in [-0.2, -0.15) is 0 Å². The summed E-state index contributed by atoms with van der Waals surface area (Å²) in [4.78, 5) is 16.1. The van der Waals surface area contributed by atoms with E-state index in [0.29, 0.717) is 29.6 Å². The molecule has 112 valence electrons. The van der Waals surface area contributed by atoms with Gasteiger partial charge in [-0.25, -0.2) is 4.98 Å². The maximum atomic E-state index is 11.9. The average Bonchev–Trinajstić information content (AvgIpc) is 3.21. The second-order valence-electron chi connectivity index (χ2n) is 4.22. The summed E-state index contributed by atoms with van der Waals surface area (Å²) >= 11 is 1.26. The van der Waals surface area contributed by atoms with Crippen LogP contribution in [-0.2, 0) is 6.54 Å². The second-order valence-corrected chi connectivity index (χ2v) is 5.06. The summed E-state index contributed by atoms with van der Waals surface area (Å²) < 4.78 is 1.72. The molecule has 0 aliphatic carbocycles. The number of nitrogens with one attached hydrogen (secondary N) is 2. The number of rotatable bonds is 6. The Morgan fingerprint density at radius 2 is 2.27 bits per heavy atom. The van der Waals surface area contributed by atoms with Crippen LogP contribution in [0.15, 0.2) is 36.2 Å². The lowest BCUT2D eigenvalue weighted by atomic mass is 10.2. The highest BCUT2D eigenvalue weighted by Gasteiger charge is 2.08. The molecule has 10 heteroatoms. The molecular formula is C12H12N8OS. The van der Waals surface area contributed by atoms with E-state index >= 15 is 0 Å². The quantitative estimate of drug-likeness (QED) is 0.694. The van der Waals surface area contributed by atoms with Crippen molar-refractivity contribution in [2.24, 2.45) is 0 Å². The fraction of sp³-hybridized carbons (Fsp3) is 0.167. The lowest BCUT2D eigenvalue weighted by Gasteiger charge is -2.06. The average molecular weight is 316 g/mol. The SMILES string of the molecule is O=C(Nc1nncs1)c1ccc(NCCn2ccnn2)nc1. The number of hydrogen-bond donors (Lipinski definition) is 2. The van der Waals surface area contributed by atoms with Crippen LogP contribution in [0.3, 0.4) is 0 Å². The number of pyridine rings is 1. The number of anilines is 2. The first-order valence-corrected chi connectivity index (χ1v) is 7.31. The Bertz CT molecular complexity index is 710. The molecule has 22 heavy (non-hydrogen) atoms. The highest BCUT2D eigenvalue weighted by Crippen LogP contribution is 2.11. The Hall–Kier alpha value is -2.88. The Kier molecular flexibility index (Phi) is 4.30. The van der Waals surface area contributed by atoms with Crippen LogP contribution in [0.5, 0.6) is 0 Å². The number of hydrogen-bond acceptors (Lipinski definition) is 8. The maximum absolute atomic E-state index is 11.9. The lowest BCUT2D eigenvalue weighted by molar-refractivity contribution is 0.102. The van der Waals surface area contributed by atoms with Gasteiger partial charge in [0.25, 0.3) is 5.91 Å². The number of nitrogens with zero attached hydrogens (tertiary/aromatic N) is 6. The molecule has 3 aromatic rings. The van der Waals surface area contributed by atoms with Crippen LogP contribution in [0, 0.1) is 0 Å². The highest BCUT2D eigenvalue weighted by atomic mass is 32.1. The molecule has 0 spiro atoms. The van der Waals surface area contributed by atoms with Crippen molar-refractivity contribution in [3.05, 3.63) is 41.8 Å². The molecule has 0 saturated carbocycles. The minimum Gasteiger partial charge on any atom is -0.368 e. The first kappa shape index (κ1) is 14.1. The van der Waals surface area contributed by atoms with Crippen LogP contribution in [0.1, 0.15) is 10.4 Å². The first-order valence-electron chi connectivity index (χ1n) is 6.43. The van der Waals surface area contributed by atoms with Crippen molar-refractivity contribution >= 4 is 28.2 Å². The lowest BCUT2D eigenvalue weighted by Crippen LogP contribution is -2.14. The Balaban J connectivity index is 1.52. The van der Waals surface area contributed by atoms with Gasteiger partial charge in [0.1, 0.15) is 11.3 Å². The van der Waals surface area contributed by atoms with Crippen molar-refractivity contribution in [3.8, 4) is 0 Å². The molecule has 0 bridgehead atoms. The van der Waals surface area contributed by atoms with E-state index < -0.39 is 0 Å². The number of aromatic nitrogens is 6. The smallest absolute Gasteiger partial charge is 0.259 e. The van der Waals surface area contributed by atoms with Crippen LogP contribution in [0.25, 0.3) is 0 Å². The van der Waals surface area contributed by atoms with E-state index in [0.717, 1.165) is 0 Å². The number of amides is 1. The van der Waals surface area contributed by atoms with Crippen LogP contribution in [0.4, 0.5) is 10.9 Å². The van der Waals surface area contributed by atoms with Crippen LogP contribution >= 0.6 is 11.3 Å². The van der Waals surface area contributed by atoms with Gasteiger partial charge in [0.05, 0.1) is 18.3 Å². The number of carbonyl (C=O) groups excluding carboxylic acids is 1. The van der Waals surface area contributed by atoms with Gasteiger partial charge in [-0.15, -0.1) is 15.3 Å². The third-order valence-corrected chi connectivity index (χ3v) is 3.33. The molecule has 2 N–H and O–H groups in total. The van der Waals surface area contributed by atoms with E-state index in [4.69, 9.17) is 0 Å². The molecule has 0 atom stereocenters. The van der Waals surface area contributed by atoms with Crippen molar-refractivity contribution in [1.82, 2.24) is 30.2 Å². The van der Waals surface area contributed by atoms with Gasteiger partial charge in [0, 0.05) is 18.9 Å². The normalized spacial score (nSPS) is 10.4. The zero-order valence-electron chi connectivity index (χ0n) is 11.4. The van der Waals surface area contributed by atoms with E-state index in [1.807, 2.05) is 0 Å². The van der Waals surface area contributed by atoms with Gasteiger partial charge < -0.3 is 5.32 Å². The van der Waals surface area contributed by atoms with E-state index in [-0.39, 0.29) is 5.91 Å². The maximum Gasteiger partial charge on any atom is 0.259 e. The van der Waals surface area contributed by atoms with Gasteiger partial charge >= 0.3 is 0 Å². The topological polar surface area (TPSA) is 111 Å². The summed E-state index contributed by atoms with van der Waals surface area (Å²) in [6.07, 6.45) is 4.92. The summed E-state index contributed by atoms with van der Waals surface area (Å²) in [5.41, 5.74) is 2.01. The monoisotopic (exact) mass is 316 g/mol. The largest absolute Gasteiger partial charge is 0.368 e. The summed E-state index contributed by atoms with van der Waals surface area (Å²) in [5, 5.41) is 21.2. The van der Waals surface area contributed by atoms with Crippen molar-refractivity contribution < 1.29 is 4.79 Å². The predicted octanol–water partition coefficient (Wildman–Crippen LogP) is 0.889. The molecule has 3 rings (SSSR count). The zero-order valence-corrected chi connectivity index (χ0v) is 12.2. The molecule has 0 fully saturated rings. The predicted molar refractivity (Wildman–Crippen MR) is 80.6 cm³/mol. The van der Waals surface area contributed by atoms with Crippen molar-refractivity contribution in [2.45, 2.75) is 6.54 Å². The standard InChI is InChI=1S/C12H12N8OS/c21-11(17-12-18-16-8-22-12)9-1-2-10(14-7-9)13-3-5-20-6-4-15-19-20/h1-2,4,6-8H,3,5H2,(H,13,14)(H,17,18,21). The minimum absolute atomic E-state index is 0.265. The molecule has 9 nitrogen and oxygen atoms in total. The molecular weight excluding hydrogens is 304 g/mol. The molecule has 1 amide bonds. The minimum atomic E-state index is -0.265. The van der Waals surface area contributed by atoms with Gasteiger partial charge in [-0.3, -0.25) is 14.8 Å². The number of carbonyl (C=O) groups is 1. The highest BCUT2D eigenvalue weighted by molar-refractivity contribution is 7.13. The Morgan fingerprint density at radius 3 is 2.95 bits per heavy atom. The third-order valence-electron chi connectivity index (χ3n) is 2.73. The van der Waals surface area contributed by atoms with Gasteiger partial charge in [0.15, 0.2) is 0 Å². The molecule has 0 unspecified atom stereocenters. The second kappa shape index (κ2) is 6.72. The van der Waals surface area contributed by atoms with Gasteiger partial charge in [0.2, 0.25) is 5.13 Å². The molecule has 0 radical (unpaired) electrons. The summed E-state index contributed by atoms with van der Waals surface area (Å²) in [6, 6.07) is 3.44. The molecule has 3 heterocycles. The van der Waals surface area contributed by atoms with Crippen LogP contribution in [0.2, 0.25) is 0 Å². The van der Waals surface area contributed by atoms with Gasteiger partial charge in [-0.1, -0.05) is 16.6 Å². The summed E-state index contributed by atoms with van der Waals surface area (Å²) in [5.74, 6) is 0.422. The third kappa shape index (κ3) is 3.61. The first-order chi connectivity index (χ1) is 10.8. The van der Waals surface area contributed by atoms with Crippen molar-refractivity contribution in [3.63, 3.8) is 0 Å². The molecule has 0 aromatic carbocycles. The van der Waals surface area contributed by atoms with E-state index in [9.17, 15) is 4.79 Å². The van der Waals surface area contributed by atoms with Gasteiger partial charge in [-0.05, 0) is 12.1 Å². The molecule has 0 aliphatic heterocycles. The Labute approximate surface area is 129 Å². The fourth-order valence-electron chi connectivity index (χ4n) is 1.68. The van der Waals surface area contributed by atoms with E-state index in [1.165, 1.54) is 17.5 Å². The van der Waals surface area contributed by atoms with E-state index in [2.05, 4.69) is 36.1 Å². The van der Waals surface area contributed by atoms with Crippen LogP contribution in [-0.4, -0.2) is 42.6 Å². The molecule has 0 aliphatic rings. The van der Waals surface area contributed by atoms with Crippen LogP contribution < -0.4 is 10.6 Å². The summed E-state index contributed by atoms with van der Waals surface area (Å²) in [7, 11) is 0. The van der Waals surface area contributed by atoms with Crippen molar-refractivity contribution in [2.75, 3.05) is 17.2 Å². The fourth-order valence-corrected chi connectivity index (χ4v) is 2.12. The molecule has 0 saturated heterocycles. The molecule has 3 aromatic heterocycles.